The van der Waals surface area contributed by atoms with Crippen LogP contribution < -0.4 is 9.47 Å². The summed E-state index contributed by atoms with van der Waals surface area (Å²) in [5.41, 5.74) is 0.981. The Morgan fingerprint density at radius 1 is 1.15 bits per heavy atom. The number of rotatable bonds is 7. The van der Waals surface area contributed by atoms with Gasteiger partial charge in [-0.15, -0.1) is 0 Å². The quantitative estimate of drug-likeness (QED) is 0.485. The molecule has 2 heterocycles. The Morgan fingerprint density at radius 3 is 2.68 bits per heavy atom. The van der Waals surface area contributed by atoms with Crippen LogP contribution in [0.4, 0.5) is 4.39 Å². The number of nitrogens with zero attached hydrogens (tertiary/aromatic N) is 3. The lowest BCUT2D eigenvalue weighted by Crippen LogP contribution is -2.42. The molecular weight excluding hydrogens is 445 g/mol. The fourth-order valence-corrected chi connectivity index (χ4v) is 3.79. The van der Waals surface area contributed by atoms with Gasteiger partial charge in [0.1, 0.15) is 17.3 Å². The lowest BCUT2D eigenvalue weighted by Gasteiger charge is -2.31. The molecule has 0 bridgehead atoms. The summed E-state index contributed by atoms with van der Waals surface area (Å²) >= 11 is 0. The lowest BCUT2D eigenvalue weighted by molar-refractivity contribution is -0.152. The Morgan fingerprint density at radius 2 is 1.94 bits per heavy atom. The van der Waals surface area contributed by atoms with Crippen LogP contribution in [0.2, 0.25) is 0 Å². The Balaban J connectivity index is 1.35. The fourth-order valence-electron chi connectivity index (χ4n) is 3.79. The minimum absolute atomic E-state index is 0.135. The predicted octanol–water partition coefficient (Wildman–Crippen LogP) is 3.49. The van der Waals surface area contributed by atoms with Crippen LogP contribution in [-0.2, 0) is 16.1 Å². The summed E-state index contributed by atoms with van der Waals surface area (Å²) < 4.78 is 34.3. The SMILES string of the molecule is COc1ccc(-c2noc(COC(=O)C3CCCN(C(=O)c4ccc(F)cc4)C3)n2)c(OC)c1. The van der Waals surface area contributed by atoms with E-state index in [4.69, 9.17) is 18.7 Å². The van der Waals surface area contributed by atoms with Crippen LogP contribution in [-0.4, -0.2) is 54.2 Å². The minimum Gasteiger partial charge on any atom is -0.497 e. The maximum atomic E-state index is 13.1. The van der Waals surface area contributed by atoms with Crippen molar-refractivity contribution in [1.82, 2.24) is 15.0 Å². The molecule has 4 rings (SSSR count). The number of likely N-dealkylation sites (tertiary alicyclic amines) is 1. The van der Waals surface area contributed by atoms with Crippen molar-refractivity contribution in [3.05, 3.63) is 59.7 Å². The zero-order chi connectivity index (χ0) is 24.1. The minimum atomic E-state index is -0.470. The highest BCUT2D eigenvalue weighted by Crippen LogP contribution is 2.31. The van der Waals surface area contributed by atoms with Gasteiger partial charge in [0, 0.05) is 24.7 Å². The van der Waals surface area contributed by atoms with Crippen molar-refractivity contribution < 1.29 is 32.7 Å². The lowest BCUT2D eigenvalue weighted by atomic mass is 9.97. The molecule has 3 aromatic rings. The van der Waals surface area contributed by atoms with Gasteiger partial charge >= 0.3 is 5.97 Å². The number of ether oxygens (including phenoxy) is 3. The third kappa shape index (κ3) is 5.16. The van der Waals surface area contributed by atoms with Crippen LogP contribution in [0, 0.1) is 11.7 Å². The highest BCUT2D eigenvalue weighted by Gasteiger charge is 2.30. The van der Waals surface area contributed by atoms with Crippen molar-refractivity contribution in [2.24, 2.45) is 5.92 Å². The number of carbonyl (C=O) groups excluding carboxylic acids is 2. The van der Waals surface area contributed by atoms with Crippen molar-refractivity contribution in [3.8, 4) is 22.9 Å². The average Bonchev–Trinajstić information content (AvgIpc) is 3.35. The molecular formula is C24H24FN3O6. The number of hydrogen-bond donors (Lipinski definition) is 0. The summed E-state index contributed by atoms with van der Waals surface area (Å²) in [4.78, 5) is 31.2. The molecule has 0 radical (unpaired) electrons. The van der Waals surface area contributed by atoms with Crippen molar-refractivity contribution in [3.63, 3.8) is 0 Å². The van der Waals surface area contributed by atoms with Crippen molar-refractivity contribution in [2.75, 3.05) is 27.3 Å². The van der Waals surface area contributed by atoms with E-state index in [2.05, 4.69) is 10.1 Å². The van der Waals surface area contributed by atoms with E-state index < -0.39 is 17.7 Å². The molecule has 178 valence electrons. The van der Waals surface area contributed by atoms with Crippen LogP contribution in [0.25, 0.3) is 11.4 Å². The molecule has 0 aliphatic carbocycles. The summed E-state index contributed by atoms with van der Waals surface area (Å²) in [5.74, 6) is -0.00980. The topological polar surface area (TPSA) is 104 Å². The number of piperidine rings is 1. The van der Waals surface area contributed by atoms with E-state index in [1.807, 2.05) is 0 Å². The maximum Gasteiger partial charge on any atom is 0.311 e. The van der Waals surface area contributed by atoms with E-state index >= 15 is 0 Å². The van der Waals surface area contributed by atoms with Crippen molar-refractivity contribution in [1.29, 1.82) is 0 Å². The van der Waals surface area contributed by atoms with Gasteiger partial charge in [0.05, 0.1) is 25.7 Å². The molecule has 1 amide bonds. The standard InChI is InChI=1S/C24H24FN3O6/c1-31-18-9-10-19(20(12-18)32-2)22-26-21(34-27-22)14-33-24(30)16-4-3-11-28(13-16)23(29)15-5-7-17(25)8-6-15/h5-10,12,16H,3-4,11,13-14H2,1-2H3. The molecule has 0 spiro atoms. The van der Waals surface area contributed by atoms with Crippen LogP contribution in [0.5, 0.6) is 11.5 Å². The third-order valence-corrected chi connectivity index (χ3v) is 5.59. The average molecular weight is 469 g/mol. The summed E-state index contributed by atoms with van der Waals surface area (Å²) in [6, 6.07) is 10.5. The number of halogens is 1. The van der Waals surface area contributed by atoms with E-state index in [0.717, 1.165) is 0 Å². The van der Waals surface area contributed by atoms with E-state index in [1.165, 1.54) is 31.4 Å². The van der Waals surface area contributed by atoms with Gasteiger partial charge in [-0.25, -0.2) is 4.39 Å². The Kier molecular flexibility index (Phi) is 7.05. The molecule has 1 aliphatic rings. The highest BCUT2D eigenvalue weighted by molar-refractivity contribution is 5.94. The summed E-state index contributed by atoms with van der Waals surface area (Å²) in [5, 5.41) is 3.94. The van der Waals surface area contributed by atoms with E-state index in [9.17, 15) is 14.0 Å². The first-order chi connectivity index (χ1) is 16.5. The van der Waals surface area contributed by atoms with Crippen LogP contribution >= 0.6 is 0 Å². The largest absolute Gasteiger partial charge is 0.497 e. The predicted molar refractivity (Wildman–Crippen MR) is 118 cm³/mol. The van der Waals surface area contributed by atoms with Gasteiger partial charge in [-0.3, -0.25) is 9.59 Å². The number of esters is 1. The Labute approximate surface area is 195 Å². The summed E-state index contributed by atoms with van der Waals surface area (Å²) in [7, 11) is 3.08. The fraction of sp³-hybridized carbons (Fsp3) is 0.333. The van der Waals surface area contributed by atoms with Gasteiger partial charge in [0.2, 0.25) is 5.82 Å². The first kappa shape index (κ1) is 23.2. The van der Waals surface area contributed by atoms with Crippen molar-refractivity contribution in [2.45, 2.75) is 19.4 Å². The number of aromatic nitrogens is 2. The van der Waals surface area contributed by atoms with Crippen LogP contribution in [0.3, 0.4) is 0 Å². The molecule has 9 nitrogen and oxygen atoms in total. The monoisotopic (exact) mass is 469 g/mol. The number of amides is 1. The molecule has 10 heteroatoms. The first-order valence-corrected chi connectivity index (χ1v) is 10.7. The number of benzene rings is 2. The van der Waals surface area contributed by atoms with Gasteiger partial charge in [0.25, 0.3) is 11.8 Å². The van der Waals surface area contributed by atoms with E-state index in [1.54, 1.807) is 30.2 Å². The van der Waals surface area contributed by atoms with Crippen LogP contribution in [0.15, 0.2) is 47.0 Å². The zero-order valence-electron chi connectivity index (χ0n) is 18.8. The van der Waals surface area contributed by atoms with Gasteiger partial charge in [-0.05, 0) is 49.2 Å². The molecule has 1 aliphatic heterocycles. The van der Waals surface area contributed by atoms with Crippen LogP contribution in [0.1, 0.15) is 29.1 Å². The second kappa shape index (κ2) is 10.3. The Hall–Kier alpha value is -3.95. The van der Waals surface area contributed by atoms with E-state index in [0.29, 0.717) is 47.8 Å². The smallest absolute Gasteiger partial charge is 0.311 e. The van der Waals surface area contributed by atoms with E-state index in [-0.39, 0.29) is 24.9 Å². The molecule has 1 atom stereocenters. The van der Waals surface area contributed by atoms with Gasteiger partial charge in [-0.2, -0.15) is 4.98 Å². The number of methoxy groups -OCH3 is 2. The molecule has 1 fully saturated rings. The molecule has 2 aromatic carbocycles. The third-order valence-electron chi connectivity index (χ3n) is 5.59. The Bertz CT molecular complexity index is 1160. The second-order valence-corrected chi connectivity index (χ2v) is 7.78. The summed E-state index contributed by atoms with van der Waals surface area (Å²) in [6.07, 6.45) is 1.26. The number of hydrogen-bond acceptors (Lipinski definition) is 8. The van der Waals surface area contributed by atoms with Gasteiger partial charge in [-0.1, -0.05) is 5.16 Å². The maximum absolute atomic E-state index is 13.1. The first-order valence-electron chi connectivity index (χ1n) is 10.7. The van der Waals surface area contributed by atoms with Gasteiger partial charge in [0.15, 0.2) is 6.61 Å². The number of carbonyl (C=O) groups is 2. The molecule has 34 heavy (non-hydrogen) atoms. The molecule has 1 unspecified atom stereocenters. The van der Waals surface area contributed by atoms with Gasteiger partial charge < -0.3 is 23.6 Å². The molecule has 0 saturated carbocycles. The highest BCUT2D eigenvalue weighted by atomic mass is 19.1. The second-order valence-electron chi connectivity index (χ2n) is 7.78. The molecule has 1 aromatic heterocycles. The molecule has 1 saturated heterocycles. The summed E-state index contributed by atoms with van der Waals surface area (Å²) in [6.45, 7) is 0.566. The molecule has 0 N–H and O–H groups in total. The normalized spacial score (nSPS) is 15.6. The zero-order valence-corrected chi connectivity index (χ0v) is 18.8. The van der Waals surface area contributed by atoms with Crippen molar-refractivity contribution >= 4 is 11.9 Å².